The molecular weight excluding hydrogens is 628 g/mol. The maximum Gasteiger partial charge on any atom is 0.329 e. The number of aliphatic hydroxyl groups excluding tert-OH is 2. The molecular formula is C34H43N2O12-. The van der Waals surface area contributed by atoms with Crippen molar-refractivity contribution in [1.29, 1.82) is 0 Å². The summed E-state index contributed by atoms with van der Waals surface area (Å²) in [5.74, 6) is -4.14. The van der Waals surface area contributed by atoms with Crippen LogP contribution in [-0.4, -0.2) is 79.4 Å². The number of amides is 1. The van der Waals surface area contributed by atoms with Crippen LogP contribution in [0.3, 0.4) is 0 Å². The molecule has 9 atom stereocenters. The topological polar surface area (TPSA) is 234 Å². The summed E-state index contributed by atoms with van der Waals surface area (Å²) in [6.45, 7) is 3.18. The number of carbonyl (C=O) groups excluding carboxylic acids is 4. The SMILES string of the molecule is C[C@]12CCC(=O)C=C1CC[C@H]1[C@@H]2[C@@H](O)C[C@]2(C)[C@H]1CC[C@]2(O)C(=O)COC(=O)CCC(=O)N[C@@H](C(=O)O)[C@H](O)c1cccc(N([O-])O)c1. The van der Waals surface area contributed by atoms with Crippen LogP contribution in [0.2, 0.25) is 0 Å². The third-order valence-electron chi connectivity index (χ3n) is 11.8. The first kappa shape index (κ1) is 35.6. The summed E-state index contributed by atoms with van der Waals surface area (Å²) >= 11 is 0. The zero-order chi connectivity index (χ0) is 35.2. The lowest BCUT2D eigenvalue weighted by Crippen LogP contribution is -2.62. The number of Topliss-reactive ketones (excluding diaryl/α,β-unsaturated/α-hetero) is 1. The molecule has 6 N–H and O–H groups in total. The molecule has 1 amide bonds. The van der Waals surface area contributed by atoms with Crippen molar-refractivity contribution in [2.45, 2.75) is 95.5 Å². The van der Waals surface area contributed by atoms with Crippen LogP contribution in [-0.2, 0) is 28.7 Å². The molecule has 1 aromatic carbocycles. The number of allylic oxidation sites excluding steroid dienone is 1. The summed E-state index contributed by atoms with van der Waals surface area (Å²) in [5.41, 5.74) is -2.40. The van der Waals surface area contributed by atoms with Crippen LogP contribution in [0, 0.1) is 33.8 Å². The van der Waals surface area contributed by atoms with Crippen LogP contribution >= 0.6 is 0 Å². The summed E-state index contributed by atoms with van der Waals surface area (Å²) < 4.78 is 5.14. The van der Waals surface area contributed by atoms with Gasteiger partial charge in [0, 0.05) is 18.3 Å². The Morgan fingerprint density at radius 3 is 2.54 bits per heavy atom. The zero-order valence-electron chi connectivity index (χ0n) is 27.0. The number of anilines is 1. The maximum absolute atomic E-state index is 13.5. The Balaban J connectivity index is 1.16. The molecule has 4 aliphatic rings. The first-order chi connectivity index (χ1) is 22.5. The van der Waals surface area contributed by atoms with Crippen LogP contribution in [0.1, 0.15) is 83.3 Å². The number of esters is 1. The molecule has 14 nitrogen and oxygen atoms in total. The second kappa shape index (κ2) is 13.3. The summed E-state index contributed by atoms with van der Waals surface area (Å²) in [7, 11) is 0. The van der Waals surface area contributed by atoms with E-state index >= 15 is 0 Å². The van der Waals surface area contributed by atoms with E-state index in [2.05, 4.69) is 12.2 Å². The third-order valence-corrected chi connectivity index (χ3v) is 11.8. The highest BCUT2D eigenvalue weighted by atomic mass is 16.8. The number of benzene rings is 1. The van der Waals surface area contributed by atoms with Crippen molar-refractivity contribution < 1.29 is 54.3 Å². The molecule has 0 heterocycles. The summed E-state index contributed by atoms with van der Waals surface area (Å²) in [5, 5.41) is 65.3. The Labute approximate surface area is 277 Å². The average molecular weight is 672 g/mol. The summed E-state index contributed by atoms with van der Waals surface area (Å²) in [4.78, 5) is 62.4. The van der Waals surface area contributed by atoms with Crippen molar-refractivity contribution in [3.05, 3.63) is 46.7 Å². The fraction of sp³-hybridized carbons (Fsp3) is 0.618. The lowest BCUT2D eigenvalue weighted by atomic mass is 9.45. The van der Waals surface area contributed by atoms with Crippen molar-refractivity contribution in [2.24, 2.45) is 28.6 Å². The number of rotatable bonds is 11. The second-order valence-corrected chi connectivity index (χ2v) is 14.3. The lowest BCUT2D eigenvalue weighted by Gasteiger charge is -2.60. The number of ether oxygens (including phenoxy) is 1. The van der Waals surface area contributed by atoms with E-state index in [0.29, 0.717) is 19.3 Å². The van der Waals surface area contributed by atoms with Gasteiger partial charge < -0.3 is 40.9 Å². The van der Waals surface area contributed by atoms with Gasteiger partial charge in [-0.15, -0.1) is 0 Å². The van der Waals surface area contributed by atoms with Crippen LogP contribution in [0.4, 0.5) is 5.69 Å². The Hall–Kier alpha value is -3.69. The average Bonchev–Trinajstić information content (AvgIpc) is 3.31. The minimum absolute atomic E-state index is 0.0464. The Kier molecular flexibility index (Phi) is 9.88. The van der Waals surface area contributed by atoms with Crippen LogP contribution in [0.5, 0.6) is 0 Å². The van der Waals surface area contributed by atoms with Gasteiger partial charge in [0.05, 0.1) is 18.2 Å². The molecule has 0 radical (unpaired) electrons. The predicted molar refractivity (Wildman–Crippen MR) is 167 cm³/mol. The summed E-state index contributed by atoms with van der Waals surface area (Å²) in [6.07, 6.45) is 1.53. The molecule has 0 bridgehead atoms. The van der Waals surface area contributed by atoms with Crippen LogP contribution < -0.4 is 10.5 Å². The minimum Gasteiger partial charge on any atom is -0.733 e. The fourth-order valence-corrected chi connectivity index (χ4v) is 9.24. The van der Waals surface area contributed by atoms with Gasteiger partial charge in [-0.1, -0.05) is 31.6 Å². The maximum atomic E-state index is 13.5. The number of hydrogen-bond donors (Lipinski definition) is 6. The van der Waals surface area contributed by atoms with E-state index < -0.39 is 77.6 Å². The molecule has 3 fully saturated rings. The number of hydrogen-bond acceptors (Lipinski definition) is 12. The number of aliphatic hydroxyl groups is 3. The molecule has 0 spiro atoms. The van der Waals surface area contributed by atoms with E-state index in [1.807, 2.05) is 6.92 Å². The number of aliphatic carboxylic acids is 1. The smallest absolute Gasteiger partial charge is 0.329 e. The molecule has 0 unspecified atom stereocenters. The largest absolute Gasteiger partial charge is 0.733 e. The normalized spacial score (nSPS) is 33.6. The molecule has 0 saturated heterocycles. The van der Waals surface area contributed by atoms with E-state index in [1.165, 1.54) is 18.2 Å². The third kappa shape index (κ3) is 6.27. The zero-order valence-corrected chi connectivity index (χ0v) is 27.0. The second-order valence-electron chi connectivity index (χ2n) is 14.3. The Morgan fingerprint density at radius 2 is 1.85 bits per heavy atom. The molecule has 262 valence electrons. The first-order valence-corrected chi connectivity index (χ1v) is 16.3. The van der Waals surface area contributed by atoms with E-state index in [4.69, 9.17) is 9.94 Å². The van der Waals surface area contributed by atoms with Gasteiger partial charge in [0.2, 0.25) is 11.7 Å². The lowest BCUT2D eigenvalue weighted by molar-refractivity contribution is -0.184. The van der Waals surface area contributed by atoms with Crippen molar-refractivity contribution in [2.75, 3.05) is 11.8 Å². The molecule has 0 aromatic heterocycles. The van der Waals surface area contributed by atoms with Gasteiger partial charge >= 0.3 is 11.9 Å². The van der Waals surface area contributed by atoms with Gasteiger partial charge in [-0.05, 0) is 85.5 Å². The standard InChI is InChI=1S/C34H43N2O12/c1-32-12-10-21(37)15-19(32)6-7-22-23-11-13-34(45,33(23,2)16-24(38)28(22)32)25(39)17-48-27(41)9-8-26(40)35-29(31(43)44)30(42)18-4-3-5-20(14-18)36(46)47/h3-5,14-15,22-24,28-30,38,42,45-46H,6-13,16-17H2,1-2H3,(H,35,40)(H,43,44)/q-1/t22-,23+,24+,28-,29-,30-,32+,33-,34+/m1/s1. The highest BCUT2D eigenvalue weighted by molar-refractivity contribution is 5.92. The van der Waals surface area contributed by atoms with Gasteiger partial charge in [-0.3, -0.25) is 24.4 Å². The van der Waals surface area contributed by atoms with Crippen molar-refractivity contribution in [3.63, 3.8) is 0 Å². The number of nitrogens with one attached hydrogen (secondary N) is 1. The Morgan fingerprint density at radius 1 is 1.12 bits per heavy atom. The van der Waals surface area contributed by atoms with Gasteiger partial charge in [0.25, 0.3) is 0 Å². The monoisotopic (exact) mass is 671 g/mol. The van der Waals surface area contributed by atoms with E-state index in [-0.39, 0.29) is 53.0 Å². The fourth-order valence-electron chi connectivity index (χ4n) is 9.24. The molecule has 4 aliphatic carbocycles. The van der Waals surface area contributed by atoms with Gasteiger partial charge in [0.15, 0.2) is 18.4 Å². The molecule has 0 aliphatic heterocycles. The number of carboxylic acids is 1. The Bertz CT molecular complexity index is 1510. The molecule has 48 heavy (non-hydrogen) atoms. The van der Waals surface area contributed by atoms with Crippen molar-refractivity contribution in [3.8, 4) is 0 Å². The van der Waals surface area contributed by atoms with E-state index in [9.17, 15) is 49.6 Å². The van der Waals surface area contributed by atoms with Crippen molar-refractivity contribution in [1.82, 2.24) is 5.32 Å². The predicted octanol–water partition coefficient (Wildman–Crippen LogP) is 2.11. The number of ketones is 2. The number of carbonyl (C=O) groups is 5. The van der Waals surface area contributed by atoms with E-state index in [0.717, 1.165) is 24.5 Å². The van der Waals surface area contributed by atoms with Crippen molar-refractivity contribution >= 4 is 35.1 Å². The minimum atomic E-state index is -1.85. The van der Waals surface area contributed by atoms with Gasteiger partial charge in [-0.2, -0.15) is 0 Å². The van der Waals surface area contributed by atoms with E-state index in [1.54, 1.807) is 6.08 Å². The van der Waals surface area contributed by atoms with Gasteiger partial charge in [-0.25, -0.2) is 4.79 Å². The highest BCUT2D eigenvalue weighted by Crippen LogP contribution is 2.67. The number of fused-ring (bicyclic) bond motifs is 5. The molecule has 14 heteroatoms. The summed E-state index contributed by atoms with van der Waals surface area (Å²) in [6, 6.07) is 3.01. The van der Waals surface area contributed by atoms with Crippen LogP contribution in [0.15, 0.2) is 35.9 Å². The molecule has 5 rings (SSSR count). The first-order valence-electron chi connectivity index (χ1n) is 16.3. The molecule has 3 saturated carbocycles. The van der Waals surface area contributed by atoms with Gasteiger partial charge in [0.1, 0.15) is 11.7 Å². The van der Waals surface area contributed by atoms with Crippen LogP contribution in [0.25, 0.3) is 0 Å². The molecule has 1 aromatic rings. The highest BCUT2D eigenvalue weighted by Gasteiger charge is 2.68. The quantitative estimate of drug-likeness (QED) is 0.146. The number of nitrogens with zero attached hydrogens (tertiary/aromatic N) is 1. The number of carboxylic acid groups (broad SMARTS) is 1.